The number of aryl methyl sites for hydroxylation is 1. The topological polar surface area (TPSA) is 20.7 Å². The monoisotopic (exact) mass is 388 g/mol. The van der Waals surface area contributed by atoms with Gasteiger partial charge in [0.25, 0.3) is 0 Å². The summed E-state index contributed by atoms with van der Waals surface area (Å²) in [5.41, 5.74) is 2.23. The van der Waals surface area contributed by atoms with Crippen molar-refractivity contribution < 1.29 is 8.78 Å². The second-order valence-corrected chi connectivity index (χ2v) is 6.25. The molecule has 2 nitrogen and oxygen atoms in total. The lowest BCUT2D eigenvalue weighted by atomic mass is 10.2. The Morgan fingerprint density at radius 1 is 1.24 bits per heavy atom. The SMILES string of the molecule is Cc1cc2c(cc1F)[nH]c(=S)n2-c1c(Cl)cc(F)cc1Br. The van der Waals surface area contributed by atoms with Crippen LogP contribution in [0.4, 0.5) is 8.78 Å². The molecule has 3 aromatic rings. The Labute approximate surface area is 137 Å². The Balaban J connectivity index is 2.44. The molecule has 7 heteroatoms. The molecule has 3 rings (SSSR count). The van der Waals surface area contributed by atoms with E-state index < -0.39 is 5.82 Å². The predicted molar refractivity (Wildman–Crippen MR) is 85.8 cm³/mol. The van der Waals surface area contributed by atoms with Crippen LogP contribution >= 0.6 is 39.7 Å². The molecule has 108 valence electrons. The van der Waals surface area contributed by atoms with Crippen LogP contribution in [0.15, 0.2) is 28.7 Å². The summed E-state index contributed by atoms with van der Waals surface area (Å²) >= 11 is 14.7. The van der Waals surface area contributed by atoms with Gasteiger partial charge in [0.05, 0.1) is 21.7 Å². The fourth-order valence-corrected chi connectivity index (χ4v) is 3.52. The minimum Gasteiger partial charge on any atom is -0.330 e. The van der Waals surface area contributed by atoms with Gasteiger partial charge in [-0.3, -0.25) is 4.57 Å². The van der Waals surface area contributed by atoms with Crippen LogP contribution in [0.1, 0.15) is 5.56 Å². The molecule has 0 aliphatic heterocycles. The highest BCUT2D eigenvalue weighted by atomic mass is 79.9. The second kappa shape index (κ2) is 5.19. The van der Waals surface area contributed by atoms with Crippen LogP contribution in [0, 0.1) is 23.3 Å². The molecular formula is C14H8BrClF2N2S. The standard InChI is InChI=1S/C14H8BrClF2N2S/c1-6-2-12-11(5-10(6)18)19-14(21)20(12)13-8(15)3-7(17)4-9(13)16/h2-5H,1H3,(H,19,21). The number of rotatable bonds is 1. The van der Waals surface area contributed by atoms with Gasteiger partial charge < -0.3 is 4.98 Å². The fraction of sp³-hybridized carbons (Fsp3) is 0.0714. The first-order valence-electron chi connectivity index (χ1n) is 5.94. The number of nitrogens with one attached hydrogen (secondary N) is 1. The summed E-state index contributed by atoms with van der Waals surface area (Å²) in [6, 6.07) is 5.56. The first kappa shape index (κ1) is 14.7. The van der Waals surface area contributed by atoms with Gasteiger partial charge in [-0.1, -0.05) is 11.6 Å². The maximum absolute atomic E-state index is 13.7. The number of H-pyrrole nitrogens is 1. The van der Waals surface area contributed by atoms with Crippen LogP contribution in [0.3, 0.4) is 0 Å². The molecule has 0 saturated heterocycles. The minimum absolute atomic E-state index is 0.209. The molecule has 1 heterocycles. The summed E-state index contributed by atoms with van der Waals surface area (Å²) in [6.07, 6.45) is 0. The normalized spacial score (nSPS) is 11.3. The number of aromatic amines is 1. The van der Waals surface area contributed by atoms with E-state index in [0.29, 0.717) is 31.5 Å². The van der Waals surface area contributed by atoms with E-state index in [4.69, 9.17) is 23.8 Å². The Bertz CT molecular complexity index is 910. The zero-order valence-corrected chi connectivity index (χ0v) is 13.8. The predicted octanol–water partition coefficient (Wildman–Crippen LogP) is 5.69. The van der Waals surface area contributed by atoms with Gasteiger partial charge >= 0.3 is 0 Å². The minimum atomic E-state index is -0.454. The summed E-state index contributed by atoms with van der Waals surface area (Å²) in [6.45, 7) is 1.66. The smallest absolute Gasteiger partial charge is 0.182 e. The number of hydrogen-bond acceptors (Lipinski definition) is 1. The van der Waals surface area contributed by atoms with Crippen molar-refractivity contribution in [2.75, 3.05) is 0 Å². The zero-order valence-electron chi connectivity index (χ0n) is 10.7. The van der Waals surface area contributed by atoms with E-state index in [2.05, 4.69) is 20.9 Å². The molecule has 0 radical (unpaired) electrons. The van der Waals surface area contributed by atoms with Gasteiger partial charge in [0.2, 0.25) is 0 Å². The van der Waals surface area contributed by atoms with Crippen LogP contribution in [0.2, 0.25) is 5.02 Å². The Hall–Kier alpha value is -1.24. The highest BCUT2D eigenvalue weighted by Gasteiger charge is 2.15. The fourth-order valence-electron chi connectivity index (χ4n) is 2.20. The summed E-state index contributed by atoms with van der Waals surface area (Å²) in [5, 5.41) is 0.209. The van der Waals surface area contributed by atoms with E-state index >= 15 is 0 Å². The molecule has 0 atom stereocenters. The number of hydrogen-bond donors (Lipinski definition) is 1. The Kier molecular flexibility index (Phi) is 3.63. The summed E-state index contributed by atoms with van der Waals surface area (Å²) in [5.74, 6) is -0.778. The molecule has 0 saturated carbocycles. The van der Waals surface area contributed by atoms with Crippen LogP contribution in [0.5, 0.6) is 0 Å². The number of halogens is 4. The molecule has 1 aromatic heterocycles. The average molecular weight is 390 g/mol. The molecule has 0 spiro atoms. The molecule has 0 aliphatic carbocycles. The van der Waals surface area contributed by atoms with Gasteiger partial charge in [-0.25, -0.2) is 8.78 Å². The third kappa shape index (κ3) is 2.41. The third-order valence-electron chi connectivity index (χ3n) is 3.17. The van der Waals surface area contributed by atoms with Gasteiger partial charge in [-0.15, -0.1) is 0 Å². The zero-order chi connectivity index (χ0) is 15.3. The van der Waals surface area contributed by atoms with Crippen molar-refractivity contribution in [3.8, 4) is 5.69 Å². The maximum atomic E-state index is 13.7. The van der Waals surface area contributed by atoms with E-state index in [9.17, 15) is 8.78 Å². The van der Waals surface area contributed by atoms with E-state index in [1.54, 1.807) is 17.6 Å². The molecule has 0 bridgehead atoms. The number of benzene rings is 2. The van der Waals surface area contributed by atoms with Gasteiger partial charge in [0.1, 0.15) is 11.6 Å². The number of imidazole rings is 1. The quantitative estimate of drug-likeness (QED) is 0.530. The van der Waals surface area contributed by atoms with E-state index in [1.807, 2.05) is 0 Å². The van der Waals surface area contributed by atoms with Crippen molar-refractivity contribution in [3.05, 3.63) is 55.7 Å². The van der Waals surface area contributed by atoms with Crippen molar-refractivity contribution in [2.24, 2.45) is 0 Å². The van der Waals surface area contributed by atoms with Crippen molar-refractivity contribution in [2.45, 2.75) is 6.92 Å². The highest BCUT2D eigenvalue weighted by molar-refractivity contribution is 9.10. The maximum Gasteiger partial charge on any atom is 0.182 e. The average Bonchev–Trinajstić information content (AvgIpc) is 2.66. The molecule has 0 aliphatic rings. The first-order chi connectivity index (χ1) is 9.88. The van der Waals surface area contributed by atoms with Crippen molar-refractivity contribution in [3.63, 3.8) is 0 Å². The summed E-state index contributed by atoms with van der Waals surface area (Å²) in [4.78, 5) is 2.93. The number of fused-ring (bicyclic) bond motifs is 1. The van der Waals surface area contributed by atoms with Gasteiger partial charge in [-0.2, -0.15) is 0 Å². The summed E-state index contributed by atoms with van der Waals surface area (Å²) < 4.78 is 29.5. The first-order valence-corrected chi connectivity index (χ1v) is 7.52. The van der Waals surface area contributed by atoms with Crippen molar-refractivity contribution in [1.82, 2.24) is 9.55 Å². The van der Waals surface area contributed by atoms with Crippen molar-refractivity contribution in [1.29, 1.82) is 0 Å². The molecule has 0 amide bonds. The molecule has 1 N–H and O–H groups in total. The lowest BCUT2D eigenvalue weighted by Gasteiger charge is -2.10. The van der Waals surface area contributed by atoms with Crippen LogP contribution in [-0.2, 0) is 0 Å². The number of aromatic nitrogens is 2. The summed E-state index contributed by atoms with van der Waals surface area (Å²) in [7, 11) is 0. The van der Waals surface area contributed by atoms with E-state index in [0.717, 1.165) is 0 Å². The van der Waals surface area contributed by atoms with Crippen LogP contribution in [-0.4, -0.2) is 9.55 Å². The Morgan fingerprint density at radius 2 is 1.95 bits per heavy atom. The number of nitrogens with zero attached hydrogens (tertiary/aromatic N) is 1. The van der Waals surface area contributed by atoms with Crippen LogP contribution in [0.25, 0.3) is 16.7 Å². The molecule has 21 heavy (non-hydrogen) atoms. The van der Waals surface area contributed by atoms with Crippen molar-refractivity contribution >= 4 is 50.8 Å². The van der Waals surface area contributed by atoms with Gasteiger partial charge in [-0.05, 0) is 64.9 Å². The van der Waals surface area contributed by atoms with Gasteiger partial charge in [0, 0.05) is 4.47 Å². The molecule has 0 unspecified atom stereocenters. The van der Waals surface area contributed by atoms with Gasteiger partial charge in [0.15, 0.2) is 4.77 Å². The Morgan fingerprint density at radius 3 is 2.62 bits per heavy atom. The van der Waals surface area contributed by atoms with Crippen LogP contribution < -0.4 is 0 Å². The lowest BCUT2D eigenvalue weighted by molar-refractivity contribution is 0.620. The lowest BCUT2D eigenvalue weighted by Crippen LogP contribution is -1.98. The molecule has 2 aromatic carbocycles. The van der Waals surface area contributed by atoms with E-state index in [-0.39, 0.29) is 10.8 Å². The second-order valence-electron chi connectivity index (χ2n) is 4.60. The third-order valence-corrected chi connectivity index (χ3v) is 4.35. The molecular weight excluding hydrogens is 382 g/mol. The largest absolute Gasteiger partial charge is 0.330 e. The molecule has 0 fully saturated rings. The highest BCUT2D eigenvalue weighted by Crippen LogP contribution is 2.33. The van der Waals surface area contributed by atoms with E-state index in [1.165, 1.54) is 18.2 Å².